The predicted octanol–water partition coefficient (Wildman–Crippen LogP) is 3.76. The fourth-order valence-corrected chi connectivity index (χ4v) is 6.37. The summed E-state index contributed by atoms with van der Waals surface area (Å²) in [7, 11) is 0. The summed E-state index contributed by atoms with van der Waals surface area (Å²) in [5.41, 5.74) is 2.93. The van der Waals surface area contributed by atoms with Crippen molar-refractivity contribution in [3.63, 3.8) is 0 Å². The van der Waals surface area contributed by atoms with Crippen molar-refractivity contribution in [3.05, 3.63) is 68.5 Å². The number of pyridine rings is 1. The molecule has 1 amide bonds. The van der Waals surface area contributed by atoms with Gasteiger partial charge in [-0.05, 0) is 48.7 Å². The van der Waals surface area contributed by atoms with Crippen LogP contribution >= 0.6 is 24.0 Å². The molecule has 0 aliphatic carbocycles. The Morgan fingerprint density at radius 3 is 2.56 bits per heavy atom. The Kier molecular flexibility index (Phi) is 9.33. The van der Waals surface area contributed by atoms with Crippen LogP contribution in [0.5, 0.6) is 11.5 Å². The number of thiocarbonyl (C=S) groups is 1. The van der Waals surface area contributed by atoms with Gasteiger partial charge in [0.05, 0.1) is 10.5 Å². The number of hydrogen-bond acceptors (Lipinski definition) is 10. The van der Waals surface area contributed by atoms with E-state index in [1.165, 1.54) is 17.3 Å². The number of nitrogens with zero attached hydrogens (tertiary/aromatic N) is 5. The Balaban J connectivity index is 0.000000868. The number of hydrogen-bond donors (Lipinski definition) is 1. The molecule has 6 rings (SSSR count). The maximum atomic E-state index is 13.8. The van der Waals surface area contributed by atoms with Gasteiger partial charge in [-0.2, -0.15) is 0 Å². The number of aryl methyl sites for hydroxylation is 1. The number of carbonyl (C=O) groups is 2. The van der Waals surface area contributed by atoms with E-state index in [0.29, 0.717) is 45.9 Å². The highest BCUT2D eigenvalue weighted by atomic mass is 32.2. The minimum atomic E-state index is -0.833. The minimum absolute atomic E-state index is 0.153. The second-order valence-electron chi connectivity index (χ2n) is 10.4. The van der Waals surface area contributed by atoms with E-state index in [1.807, 2.05) is 38.1 Å². The molecule has 0 radical (unpaired) electrons. The van der Waals surface area contributed by atoms with Crippen LogP contribution in [0.2, 0.25) is 0 Å². The molecule has 226 valence electrons. The molecule has 0 spiro atoms. The number of amides is 1. The van der Waals surface area contributed by atoms with Crippen LogP contribution in [-0.2, 0) is 16.1 Å². The number of fused-ring (bicyclic) bond motifs is 2. The number of carboxylic acids is 1. The zero-order valence-corrected chi connectivity index (χ0v) is 25.9. The number of anilines is 1. The number of thioether (sulfide) groups is 1. The first-order valence-electron chi connectivity index (χ1n) is 14.0. The van der Waals surface area contributed by atoms with Crippen molar-refractivity contribution in [2.45, 2.75) is 33.7 Å². The van der Waals surface area contributed by atoms with Crippen molar-refractivity contribution in [2.75, 3.05) is 44.4 Å². The standard InChI is InChI=1S/C28H29N5O4S2.C2H4O2/c1-3-8-32-27(35)23(39-28(32)38)14-20-25(29-24-7-4-18(2)15-33(24)26(20)34)31-11-9-30(10-12-31)16-19-5-6-21-22(13-19)37-17-36-21;1-2(3)4/h4-7,13-15H,3,8-12,16-17H2,1-2H3;1H3,(H,3,4)/b23-14-;. The van der Waals surface area contributed by atoms with Crippen LogP contribution in [-0.4, -0.2) is 80.0 Å². The number of piperazine rings is 1. The summed E-state index contributed by atoms with van der Waals surface area (Å²) in [4.78, 5) is 47.4. The third-order valence-electron chi connectivity index (χ3n) is 7.10. The Hall–Kier alpha value is -3.94. The van der Waals surface area contributed by atoms with Crippen LogP contribution in [0, 0.1) is 6.92 Å². The molecule has 43 heavy (non-hydrogen) atoms. The van der Waals surface area contributed by atoms with Crippen molar-refractivity contribution in [1.82, 2.24) is 19.2 Å². The zero-order chi connectivity index (χ0) is 30.7. The largest absolute Gasteiger partial charge is 0.481 e. The summed E-state index contributed by atoms with van der Waals surface area (Å²) in [5, 5.41) is 7.42. The lowest BCUT2D eigenvalue weighted by atomic mass is 10.1. The monoisotopic (exact) mass is 623 g/mol. The van der Waals surface area contributed by atoms with Crippen molar-refractivity contribution in [1.29, 1.82) is 0 Å². The summed E-state index contributed by atoms with van der Waals surface area (Å²) >= 11 is 6.70. The summed E-state index contributed by atoms with van der Waals surface area (Å²) in [6.07, 6.45) is 4.28. The first kappa shape index (κ1) is 30.5. The van der Waals surface area contributed by atoms with Crippen molar-refractivity contribution in [3.8, 4) is 11.5 Å². The van der Waals surface area contributed by atoms with E-state index >= 15 is 0 Å². The highest BCUT2D eigenvalue weighted by Crippen LogP contribution is 2.35. The van der Waals surface area contributed by atoms with Crippen molar-refractivity contribution in [2.24, 2.45) is 0 Å². The topological polar surface area (TPSA) is 117 Å². The van der Waals surface area contributed by atoms with Crippen LogP contribution in [0.1, 0.15) is 37.0 Å². The third kappa shape index (κ3) is 6.84. The lowest BCUT2D eigenvalue weighted by Gasteiger charge is -2.36. The van der Waals surface area contributed by atoms with E-state index in [1.54, 1.807) is 21.6 Å². The quantitative estimate of drug-likeness (QED) is 0.320. The molecule has 0 unspecified atom stereocenters. The Morgan fingerprint density at radius 1 is 1.12 bits per heavy atom. The van der Waals surface area contributed by atoms with Crippen molar-refractivity contribution >= 4 is 57.7 Å². The van der Waals surface area contributed by atoms with Crippen LogP contribution in [0.15, 0.2) is 46.2 Å². The number of aromatic nitrogens is 2. The Bertz CT molecular complexity index is 1660. The molecular formula is C30H33N5O6S2. The van der Waals surface area contributed by atoms with Gasteiger partial charge in [0.25, 0.3) is 17.4 Å². The van der Waals surface area contributed by atoms with Gasteiger partial charge in [-0.1, -0.05) is 43.0 Å². The molecule has 2 aromatic heterocycles. The van der Waals surface area contributed by atoms with Gasteiger partial charge in [0.1, 0.15) is 15.8 Å². The summed E-state index contributed by atoms with van der Waals surface area (Å²) in [6, 6.07) is 9.87. The molecule has 0 bridgehead atoms. The molecule has 0 saturated carbocycles. The first-order chi connectivity index (χ1) is 20.6. The minimum Gasteiger partial charge on any atom is -0.481 e. The van der Waals surface area contributed by atoms with E-state index in [9.17, 15) is 9.59 Å². The van der Waals surface area contributed by atoms with Gasteiger partial charge in [0.15, 0.2) is 11.5 Å². The third-order valence-corrected chi connectivity index (χ3v) is 8.47. The van der Waals surface area contributed by atoms with Gasteiger partial charge in [-0.25, -0.2) is 4.98 Å². The number of ether oxygens (including phenoxy) is 2. The Morgan fingerprint density at radius 2 is 1.84 bits per heavy atom. The van der Waals surface area contributed by atoms with Gasteiger partial charge in [-0.15, -0.1) is 0 Å². The van der Waals surface area contributed by atoms with E-state index in [4.69, 9.17) is 36.6 Å². The van der Waals surface area contributed by atoms with E-state index < -0.39 is 5.97 Å². The number of aliphatic carboxylic acids is 1. The molecule has 5 heterocycles. The van der Waals surface area contributed by atoms with Gasteiger partial charge >= 0.3 is 0 Å². The predicted molar refractivity (Wildman–Crippen MR) is 170 cm³/mol. The molecule has 0 atom stereocenters. The molecule has 11 nitrogen and oxygen atoms in total. The fourth-order valence-electron chi connectivity index (χ4n) is 5.08. The molecular weight excluding hydrogens is 590 g/mol. The molecule has 3 aromatic rings. The lowest BCUT2D eigenvalue weighted by Crippen LogP contribution is -2.47. The van der Waals surface area contributed by atoms with Gasteiger partial charge < -0.3 is 19.5 Å². The highest BCUT2D eigenvalue weighted by molar-refractivity contribution is 8.26. The second kappa shape index (κ2) is 13.1. The van der Waals surface area contributed by atoms with E-state index in [0.717, 1.165) is 50.0 Å². The number of carbonyl (C=O) groups excluding carboxylic acids is 1. The zero-order valence-electron chi connectivity index (χ0n) is 24.2. The molecule has 1 aromatic carbocycles. The van der Waals surface area contributed by atoms with Gasteiger partial charge in [0, 0.05) is 52.4 Å². The van der Waals surface area contributed by atoms with Crippen LogP contribution in [0.25, 0.3) is 11.7 Å². The molecule has 2 saturated heterocycles. The van der Waals surface area contributed by atoms with E-state index in [2.05, 4.69) is 15.9 Å². The average molecular weight is 624 g/mol. The molecule has 13 heteroatoms. The number of carboxylic acid groups (broad SMARTS) is 1. The highest BCUT2D eigenvalue weighted by Gasteiger charge is 2.32. The maximum Gasteiger partial charge on any atom is 0.300 e. The lowest BCUT2D eigenvalue weighted by molar-refractivity contribution is -0.134. The number of benzene rings is 1. The summed E-state index contributed by atoms with van der Waals surface area (Å²) in [6.45, 7) is 9.68. The van der Waals surface area contributed by atoms with E-state index in [-0.39, 0.29) is 18.3 Å². The normalized spacial score (nSPS) is 17.5. The van der Waals surface area contributed by atoms with Crippen molar-refractivity contribution < 1.29 is 24.2 Å². The van der Waals surface area contributed by atoms with Gasteiger partial charge in [0.2, 0.25) is 6.79 Å². The second-order valence-corrected chi connectivity index (χ2v) is 12.1. The average Bonchev–Trinajstić information content (AvgIpc) is 3.54. The first-order valence-corrected chi connectivity index (χ1v) is 15.2. The molecule has 3 aliphatic rings. The smallest absolute Gasteiger partial charge is 0.300 e. The van der Waals surface area contributed by atoms with Crippen LogP contribution < -0.4 is 19.9 Å². The van der Waals surface area contributed by atoms with Gasteiger partial charge in [-0.3, -0.25) is 28.6 Å². The number of rotatable bonds is 6. The molecule has 3 aliphatic heterocycles. The molecule has 2 fully saturated rings. The van der Waals surface area contributed by atoms with Crippen LogP contribution in [0.3, 0.4) is 0 Å². The SMILES string of the molecule is CC(=O)O.CCCN1C(=O)/C(=C/c2c(N3CCN(Cc4ccc5c(c4)OCO5)CC3)nc3ccc(C)cn3c2=O)SC1=S. The summed E-state index contributed by atoms with van der Waals surface area (Å²) in [5.74, 6) is 1.19. The Labute approximate surface area is 258 Å². The maximum absolute atomic E-state index is 13.8. The van der Waals surface area contributed by atoms with Crippen LogP contribution in [0.4, 0.5) is 5.82 Å². The fraction of sp³-hybridized carbons (Fsp3) is 0.367. The molecule has 1 N–H and O–H groups in total. The summed E-state index contributed by atoms with van der Waals surface area (Å²) < 4.78 is 13.0.